The largest absolute Gasteiger partial charge is 0.445 e. The molecule has 1 aromatic heterocycles. The Hall–Kier alpha value is -1.48. The van der Waals surface area contributed by atoms with Crippen LogP contribution in [0.25, 0.3) is 10.4 Å². The minimum absolute atomic E-state index is 0.245. The van der Waals surface area contributed by atoms with Gasteiger partial charge in [0.25, 0.3) is 0 Å². The van der Waals surface area contributed by atoms with Crippen LogP contribution in [-0.4, -0.2) is 4.98 Å². The van der Waals surface area contributed by atoms with Crippen LogP contribution < -0.4 is 0 Å². The van der Waals surface area contributed by atoms with Crippen LogP contribution in [0.5, 0.6) is 0 Å². The van der Waals surface area contributed by atoms with E-state index in [-0.39, 0.29) is 6.54 Å². The van der Waals surface area contributed by atoms with Crippen molar-refractivity contribution in [2.75, 3.05) is 0 Å². The molecule has 0 atom stereocenters. The highest BCUT2D eigenvalue weighted by Crippen LogP contribution is 2.11. The molecule has 0 radical (unpaired) electrons. The molecule has 0 aromatic carbocycles. The van der Waals surface area contributed by atoms with Gasteiger partial charge in [-0.3, -0.25) is 0 Å². The number of hydrogen-bond acceptors (Lipinski definition) is 3. The summed E-state index contributed by atoms with van der Waals surface area (Å²) in [6.07, 6.45) is 0.761. The quantitative estimate of drug-likeness (QED) is 0.392. The van der Waals surface area contributed by atoms with Crippen molar-refractivity contribution >= 4 is 0 Å². The molecule has 1 heterocycles. The molecule has 0 aliphatic heterocycles. The molecule has 1 rings (SSSR count). The maximum absolute atomic E-state index is 8.08. The fraction of sp³-hybridized carbons (Fsp3) is 0.571. The van der Waals surface area contributed by atoms with Gasteiger partial charge in [-0.25, -0.2) is 4.98 Å². The SMILES string of the molecule is CCc1nc(C)c(CN=[N+]=[N-])o1. The zero-order valence-corrected chi connectivity index (χ0v) is 7.11. The van der Waals surface area contributed by atoms with E-state index < -0.39 is 0 Å². The molecule has 5 nitrogen and oxygen atoms in total. The molecule has 1 aromatic rings. The molecule has 0 amide bonds. The van der Waals surface area contributed by atoms with Crippen LogP contribution in [0.1, 0.15) is 24.3 Å². The first-order valence-electron chi connectivity index (χ1n) is 3.74. The fourth-order valence-electron chi connectivity index (χ4n) is 0.882. The Morgan fingerprint density at radius 1 is 1.67 bits per heavy atom. The Bertz CT molecular complexity index is 311. The van der Waals surface area contributed by atoms with E-state index in [1.54, 1.807) is 0 Å². The van der Waals surface area contributed by atoms with E-state index in [0.29, 0.717) is 11.7 Å². The van der Waals surface area contributed by atoms with E-state index in [4.69, 9.17) is 9.95 Å². The molecule has 64 valence electrons. The predicted molar refractivity (Wildman–Crippen MR) is 43.5 cm³/mol. The number of nitrogens with zero attached hydrogens (tertiary/aromatic N) is 4. The molecular weight excluding hydrogens is 156 g/mol. The van der Waals surface area contributed by atoms with Crippen LogP contribution in [0, 0.1) is 6.92 Å². The van der Waals surface area contributed by atoms with Gasteiger partial charge in [0.2, 0.25) is 0 Å². The van der Waals surface area contributed by atoms with E-state index in [2.05, 4.69) is 15.0 Å². The van der Waals surface area contributed by atoms with E-state index >= 15 is 0 Å². The van der Waals surface area contributed by atoms with Crippen molar-refractivity contribution in [3.8, 4) is 0 Å². The molecule has 0 aliphatic carbocycles. The van der Waals surface area contributed by atoms with E-state index in [0.717, 1.165) is 12.1 Å². The second kappa shape index (κ2) is 3.78. The van der Waals surface area contributed by atoms with Crippen molar-refractivity contribution in [1.82, 2.24) is 4.98 Å². The highest BCUT2D eigenvalue weighted by atomic mass is 16.4. The van der Waals surface area contributed by atoms with Gasteiger partial charge < -0.3 is 4.42 Å². The van der Waals surface area contributed by atoms with Gasteiger partial charge in [0.05, 0.1) is 12.2 Å². The molecule has 12 heavy (non-hydrogen) atoms. The lowest BCUT2D eigenvalue weighted by Crippen LogP contribution is -1.79. The van der Waals surface area contributed by atoms with Gasteiger partial charge in [-0.1, -0.05) is 12.0 Å². The van der Waals surface area contributed by atoms with Crippen molar-refractivity contribution in [3.05, 3.63) is 27.8 Å². The molecule has 0 fully saturated rings. The third-order valence-electron chi connectivity index (χ3n) is 1.52. The third-order valence-corrected chi connectivity index (χ3v) is 1.52. The molecular formula is C7H10N4O. The lowest BCUT2D eigenvalue weighted by atomic mass is 10.4. The topological polar surface area (TPSA) is 74.8 Å². The standard InChI is InChI=1S/C7H10N4O/c1-3-7-10-5(2)6(12-7)4-9-11-8/h3-4H2,1-2H3. The molecule has 0 aliphatic rings. The highest BCUT2D eigenvalue weighted by molar-refractivity contribution is 5.07. The average molecular weight is 166 g/mol. The maximum atomic E-state index is 8.08. The van der Waals surface area contributed by atoms with Crippen molar-refractivity contribution < 1.29 is 4.42 Å². The van der Waals surface area contributed by atoms with Gasteiger partial charge in [-0.05, 0) is 12.5 Å². The number of oxazole rings is 1. The summed E-state index contributed by atoms with van der Waals surface area (Å²) in [5, 5.41) is 3.40. The van der Waals surface area contributed by atoms with E-state index in [1.807, 2.05) is 13.8 Å². The lowest BCUT2D eigenvalue weighted by molar-refractivity contribution is 0.460. The first kappa shape index (κ1) is 8.62. The summed E-state index contributed by atoms with van der Waals surface area (Å²) in [6.45, 7) is 4.04. The molecule has 0 bridgehead atoms. The summed E-state index contributed by atoms with van der Waals surface area (Å²) in [4.78, 5) is 6.78. The zero-order chi connectivity index (χ0) is 8.97. The van der Waals surface area contributed by atoms with Gasteiger partial charge >= 0.3 is 0 Å². The Morgan fingerprint density at radius 3 is 2.92 bits per heavy atom. The summed E-state index contributed by atoms with van der Waals surface area (Å²) in [7, 11) is 0. The van der Waals surface area contributed by atoms with Crippen LogP contribution in [0.4, 0.5) is 0 Å². The van der Waals surface area contributed by atoms with Gasteiger partial charge in [-0.15, -0.1) is 0 Å². The van der Waals surface area contributed by atoms with Crippen molar-refractivity contribution in [1.29, 1.82) is 0 Å². The third kappa shape index (κ3) is 1.77. The minimum atomic E-state index is 0.245. The molecule has 0 unspecified atom stereocenters. The van der Waals surface area contributed by atoms with Gasteiger partial charge in [0.1, 0.15) is 5.76 Å². The first-order valence-corrected chi connectivity index (χ1v) is 3.74. The van der Waals surface area contributed by atoms with Crippen LogP contribution in [-0.2, 0) is 13.0 Å². The van der Waals surface area contributed by atoms with E-state index in [1.165, 1.54) is 0 Å². The highest BCUT2D eigenvalue weighted by Gasteiger charge is 2.05. The normalized spacial score (nSPS) is 9.50. The Labute approximate surface area is 70.0 Å². The lowest BCUT2D eigenvalue weighted by Gasteiger charge is -1.86. The van der Waals surface area contributed by atoms with Gasteiger partial charge in [0, 0.05) is 11.3 Å². The summed E-state index contributed by atoms with van der Waals surface area (Å²) >= 11 is 0. The summed E-state index contributed by atoms with van der Waals surface area (Å²) in [5.74, 6) is 1.35. The average Bonchev–Trinajstić information content (AvgIpc) is 2.43. The summed E-state index contributed by atoms with van der Waals surface area (Å²) < 4.78 is 5.29. The van der Waals surface area contributed by atoms with Crippen LogP contribution in [0.3, 0.4) is 0 Å². The Kier molecular flexibility index (Phi) is 2.71. The smallest absolute Gasteiger partial charge is 0.194 e. The molecule has 0 spiro atoms. The van der Waals surface area contributed by atoms with Crippen molar-refractivity contribution in [2.24, 2.45) is 5.11 Å². The van der Waals surface area contributed by atoms with Gasteiger partial charge in [0.15, 0.2) is 5.89 Å². The first-order chi connectivity index (χ1) is 5.77. The minimum Gasteiger partial charge on any atom is -0.445 e. The number of aromatic nitrogens is 1. The maximum Gasteiger partial charge on any atom is 0.194 e. The fourth-order valence-corrected chi connectivity index (χ4v) is 0.882. The predicted octanol–water partition coefficient (Wildman–Crippen LogP) is 2.36. The molecule has 0 N–H and O–H groups in total. The molecule has 5 heteroatoms. The number of azide groups is 1. The summed E-state index contributed by atoms with van der Waals surface area (Å²) in [5.41, 5.74) is 8.88. The number of aryl methyl sites for hydroxylation is 2. The molecule has 0 saturated carbocycles. The zero-order valence-electron chi connectivity index (χ0n) is 7.11. The van der Waals surface area contributed by atoms with E-state index in [9.17, 15) is 0 Å². The number of hydrogen-bond donors (Lipinski definition) is 0. The Morgan fingerprint density at radius 2 is 2.42 bits per heavy atom. The second-order valence-corrected chi connectivity index (χ2v) is 2.36. The van der Waals surface area contributed by atoms with Crippen molar-refractivity contribution in [2.45, 2.75) is 26.8 Å². The summed E-state index contributed by atoms with van der Waals surface area (Å²) in [6, 6.07) is 0. The molecule has 0 saturated heterocycles. The van der Waals surface area contributed by atoms with Crippen LogP contribution in [0.15, 0.2) is 9.53 Å². The van der Waals surface area contributed by atoms with Crippen LogP contribution in [0.2, 0.25) is 0 Å². The van der Waals surface area contributed by atoms with Crippen LogP contribution >= 0.6 is 0 Å². The second-order valence-electron chi connectivity index (χ2n) is 2.36. The Balaban J connectivity index is 2.84. The van der Waals surface area contributed by atoms with Crippen molar-refractivity contribution in [3.63, 3.8) is 0 Å². The monoisotopic (exact) mass is 166 g/mol. The van der Waals surface area contributed by atoms with Gasteiger partial charge in [-0.2, -0.15) is 0 Å². The number of rotatable bonds is 3.